The number of rotatable bonds is 5. The van der Waals surface area contributed by atoms with Crippen molar-refractivity contribution in [3.63, 3.8) is 0 Å². The molecule has 6 heteroatoms. The van der Waals surface area contributed by atoms with E-state index in [1.165, 1.54) is 0 Å². The van der Waals surface area contributed by atoms with Gasteiger partial charge in [-0.1, -0.05) is 13.8 Å². The Kier molecular flexibility index (Phi) is 5.72. The first kappa shape index (κ1) is 16.4. The van der Waals surface area contributed by atoms with Gasteiger partial charge in [-0.2, -0.15) is 0 Å². The van der Waals surface area contributed by atoms with Crippen LogP contribution in [-0.2, 0) is 6.42 Å². The van der Waals surface area contributed by atoms with Gasteiger partial charge in [0.1, 0.15) is 4.88 Å². The lowest BCUT2D eigenvalue weighted by molar-refractivity contribution is 0.0618. The molecule has 1 aromatic heterocycles. The molecule has 0 aliphatic carbocycles. The number of amides is 1. The molecule has 2 rings (SSSR count). The van der Waals surface area contributed by atoms with Crippen molar-refractivity contribution in [3.05, 3.63) is 15.6 Å². The maximum atomic E-state index is 12.6. The summed E-state index contributed by atoms with van der Waals surface area (Å²) in [4.78, 5) is 22.0. The Labute approximate surface area is 130 Å². The molecule has 1 N–H and O–H groups in total. The lowest BCUT2D eigenvalue weighted by atomic mass is 10.1. The predicted molar refractivity (Wildman–Crippen MR) is 84.8 cm³/mol. The Morgan fingerprint density at radius 2 is 2.00 bits per heavy atom. The zero-order chi connectivity index (χ0) is 15.4. The van der Waals surface area contributed by atoms with E-state index in [4.69, 9.17) is 5.11 Å². The Balaban J connectivity index is 1.99. The highest BCUT2D eigenvalue weighted by Crippen LogP contribution is 2.22. The fourth-order valence-electron chi connectivity index (χ4n) is 2.55. The maximum absolute atomic E-state index is 12.6. The van der Waals surface area contributed by atoms with Gasteiger partial charge >= 0.3 is 0 Å². The first-order chi connectivity index (χ1) is 10.0. The molecule has 21 heavy (non-hydrogen) atoms. The molecule has 0 bridgehead atoms. The molecule has 1 saturated heterocycles. The van der Waals surface area contributed by atoms with Crippen LogP contribution in [-0.4, -0.2) is 65.1 Å². The van der Waals surface area contributed by atoms with E-state index in [0.29, 0.717) is 12.5 Å². The summed E-state index contributed by atoms with van der Waals surface area (Å²) >= 11 is 1.54. The summed E-state index contributed by atoms with van der Waals surface area (Å²) in [6, 6.07) is 0. The van der Waals surface area contributed by atoms with E-state index in [9.17, 15) is 4.79 Å². The minimum absolute atomic E-state index is 0.114. The number of β-amino-alcohol motifs (C(OH)–C–C–N with tert-alkyl or cyclic N) is 1. The number of hydrogen-bond donors (Lipinski definition) is 1. The van der Waals surface area contributed by atoms with Crippen molar-refractivity contribution in [3.8, 4) is 0 Å². The van der Waals surface area contributed by atoms with Crippen molar-refractivity contribution in [2.45, 2.75) is 27.2 Å². The molecule has 0 saturated carbocycles. The smallest absolute Gasteiger partial charge is 0.265 e. The van der Waals surface area contributed by atoms with Gasteiger partial charge in [-0.3, -0.25) is 9.69 Å². The number of aliphatic hydroxyl groups excluding tert-OH is 1. The summed E-state index contributed by atoms with van der Waals surface area (Å²) in [5.41, 5.74) is 0.860. The fourth-order valence-corrected chi connectivity index (χ4v) is 3.79. The summed E-state index contributed by atoms with van der Waals surface area (Å²) < 4.78 is 0. The number of carbonyl (C=O) groups is 1. The zero-order valence-electron chi connectivity index (χ0n) is 13.1. The first-order valence-corrected chi connectivity index (χ1v) is 8.41. The average molecular weight is 311 g/mol. The maximum Gasteiger partial charge on any atom is 0.265 e. The van der Waals surface area contributed by atoms with Crippen LogP contribution >= 0.6 is 11.3 Å². The van der Waals surface area contributed by atoms with Crippen molar-refractivity contribution in [1.82, 2.24) is 14.8 Å². The van der Waals surface area contributed by atoms with Gasteiger partial charge in [-0.05, 0) is 12.8 Å². The van der Waals surface area contributed by atoms with Crippen molar-refractivity contribution in [2.24, 2.45) is 5.92 Å². The van der Waals surface area contributed by atoms with Gasteiger partial charge in [0.2, 0.25) is 0 Å². The summed E-state index contributed by atoms with van der Waals surface area (Å²) in [5.74, 6) is 0.671. The second-order valence-corrected chi connectivity index (χ2v) is 7.06. The summed E-state index contributed by atoms with van der Waals surface area (Å²) in [6.45, 7) is 10.3. The molecule has 1 aliphatic rings. The summed E-state index contributed by atoms with van der Waals surface area (Å²) in [5, 5.41) is 10.0. The summed E-state index contributed by atoms with van der Waals surface area (Å²) in [6.07, 6.45) is 0.934. The Hall–Kier alpha value is -0.980. The lowest BCUT2D eigenvalue weighted by Crippen LogP contribution is -2.49. The monoisotopic (exact) mass is 311 g/mol. The topological polar surface area (TPSA) is 56.7 Å². The van der Waals surface area contributed by atoms with Gasteiger partial charge in [0.25, 0.3) is 5.91 Å². The molecule has 1 aliphatic heterocycles. The standard InChI is InChI=1S/C15H25N3O2S/c1-11(2)10-13-16-12(3)14(21-13)15(20)18-6-4-17(5-7-18)8-9-19/h11,19H,4-10H2,1-3H3. The Morgan fingerprint density at radius 1 is 1.33 bits per heavy atom. The van der Waals surface area contributed by atoms with Crippen molar-refractivity contribution < 1.29 is 9.90 Å². The second kappa shape index (κ2) is 7.33. The van der Waals surface area contributed by atoms with E-state index in [2.05, 4.69) is 23.7 Å². The van der Waals surface area contributed by atoms with E-state index in [0.717, 1.165) is 48.2 Å². The van der Waals surface area contributed by atoms with Crippen LogP contribution in [0.1, 0.15) is 34.2 Å². The van der Waals surface area contributed by atoms with Crippen LogP contribution in [0.3, 0.4) is 0 Å². The third-order valence-electron chi connectivity index (χ3n) is 3.69. The molecule has 118 valence electrons. The summed E-state index contributed by atoms with van der Waals surface area (Å²) in [7, 11) is 0. The van der Waals surface area contributed by atoms with Gasteiger partial charge in [0.15, 0.2) is 0 Å². The minimum atomic E-state index is 0.114. The normalized spacial score (nSPS) is 16.7. The van der Waals surface area contributed by atoms with E-state index >= 15 is 0 Å². The number of aryl methyl sites for hydroxylation is 1. The Bertz CT molecular complexity index is 479. The minimum Gasteiger partial charge on any atom is -0.395 e. The molecule has 1 fully saturated rings. The average Bonchev–Trinajstić information content (AvgIpc) is 2.79. The van der Waals surface area contributed by atoms with Gasteiger partial charge in [0.05, 0.1) is 17.3 Å². The van der Waals surface area contributed by atoms with Gasteiger partial charge in [-0.15, -0.1) is 11.3 Å². The van der Waals surface area contributed by atoms with Crippen LogP contribution in [0.15, 0.2) is 0 Å². The largest absolute Gasteiger partial charge is 0.395 e. The molecule has 2 heterocycles. The van der Waals surface area contributed by atoms with E-state index in [1.807, 2.05) is 11.8 Å². The van der Waals surface area contributed by atoms with Crippen LogP contribution in [0.5, 0.6) is 0 Å². The zero-order valence-corrected chi connectivity index (χ0v) is 13.9. The SMILES string of the molecule is Cc1nc(CC(C)C)sc1C(=O)N1CCN(CCO)CC1. The first-order valence-electron chi connectivity index (χ1n) is 7.60. The van der Waals surface area contributed by atoms with E-state index in [1.54, 1.807) is 11.3 Å². The molecular formula is C15H25N3O2S. The van der Waals surface area contributed by atoms with Crippen molar-refractivity contribution in [2.75, 3.05) is 39.3 Å². The molecular weight excluding hydrogens is 286 g/mol. The number of thiazole rings is 1. The molecule has 0 atom stereocenters. The quantitative estimate of drug-likeness (QED) is 0.893. The van der Waals surface area contributed by atoms with Crippen LogP contribution in [0, 0.1) is 12.8 Å². The van der Waals surface area contributed by atoms with Crippen LogP contribution in [0.2, 0.25) is 0 Å². The third kappa shape index (κ3) is 4.25. The molecule has 0 aromatic carbocycles. The van der Waals surface area contributed by atoms with Crippen molar-refractivity contribution >= 4 is 17.2 Å². The second-order valence-electron chi connectivity index (χ2n) is 5.98. The number of aromatic nitrogens is 1. The highest BCUT2D eigenvalue weighted by atomic mass is 32.1. The highest BCUT2D eigenvalue weighted by Gasteiger charge is 2.25. The number of piperazine rings is 1. The molecule has 1 amide bonds. The van der Waals surface area contributed by atoms with Gasteiger partial charge in [0, 0.05) is 39.1 Å². The molecule has 0 spiro atoms. The van der Waals surface area contributed by atoms with Crippen LogP contribution in [0.4, 0.5) is 0 Å². The number of nitrogens with zero attached hydrogens (tertiary/aromatic N) is 3. The fraction of sp³-hybridized carbons (Fsp3) is 0.733. The number of carbonyl (C=O) groups excluding carboxylic acids is 1. The third-order valence-corrected chi connectivity index (χ3v) is 4.86. The van der Waals surface area contributed by atoms with Gasteiger partial charge < -0.3 is 10.0 Å². The van der Waals surface area contributed by atoms with E-state index < -0.39 is 0 Å². The van der Waals surface area contributed by atoms with E-state index in [-0.39, 0.29) is 12.5 Å². The lowest BCUT2D eigenvalue weighted by Gasteiger charge is -2.34. The predicted octanol–water partition coefficient (Wildman–Crippen LogP) is 1.40. The molecule has 0 radical (unpaired) electrons. The van der Waals surface area contributed by atoms with Gasteiger partial charge in [-0.25, -0.2) is 4.98 Å². The van der Waals surface area contributed by atoms with Crippen LogP contribution in [0.25, 0.3) is 0 Å². The number of aliphatic hydroxyl groups is 1. The Morgan fingerprint density at radius 3 is 2.57 bits per heavy atom. The van der Waals surface area contributed by atoms with Crippen LogP contribution < -0.4 is 0 Å². The van der Waals surface area contributed by atoms with Crippen molar-refractivity contribution in [1.29, 1.82) is 0 Å². The molecule has 1 aromatic rings. The number of hydrogen-bond acceptors (Lipinski definition) is 5. The molecule has 5 nitrogen and oxygen atoms in total. The highest BCUT2D eigenvalue weighted by molar-refractivity contribution is 7.13. The molecule has 0 unspecified atom stereocenters.